The standard InChI is InChI=1S/C16H14ClFN2O2.C16H13ClFNO3.CH4O/c1-2-22-14-8-10(18)4-5-11(14)16(21)12-7-9(17)3-6-13(12)20-15(16)19;1-2-22-15-8-11(18)4-5-12(15)16(21)13-7-10(17)3-6-14(13)19-9-20;1-2/h3-8,21H,2H2,1H3,(H2,19,20);3-9H,2H2,1H3,(H,19,20);2H,1H3. The van der Waals surface area contributed by atoms with Crippen LogP contribution in [-0.4, -0.2) is 48.6 Å². The van der Waals surface area contributed by atoms with E-state index in [0.29, 0.717) is 52.2 Å². The second kappa shape index (κ2) is 16.1. The fourth-order valence-electron chi connectivity index (χ4n) is 4.59. The largest absolute Gasteiger partial charge is 0.493 e. The molecule has 1 amide bonds. The average Bonchev–Trinajstić information content (AvgIpc) is 3.29. The molecule has 0 spiro atoms. The van der Waals surface area contributed by atoms with Gasteiger partial charge in [0.05, 0.1) is 30.2 Å². The SMILES string of the molecule is CCOc1cc(F)ccc1C(=O)c1cc(Cl)ccc1NC=O.CCOc1cc(F)ccc1C1(O)C(N)=Nc2ccc(Cl)cc21.CO. The van der Waals surface area contributed by atoms with Crippen molar-refractivity contribution in [1.29, 1.82) is 0 Å². The third-order valence-electron chi connectivity index (χ3n) is 6.52. The average molecular weight is 675 g/mol. The Morgan fingerprint density at radius 3 is 2.11 bits per heavy atom. The second-order valence-corrected chi connectivity index (χ2v) is 10.2. The third kappa shape index (κ3) is 7.80. The number of aliphatic hydroxyl groups excluding tert-OH is 1. The maximum atomic E-state index is 13.5. The van der Waals surface area contributed by atoms with Gasteiger partial charge in [0, 0.05) is 46.0 Å². The van der Waals surface area contributed by atoms with Gasteiger partial charge >= 0.3 is 0 Å². The lowest BCUT2D eigenvalue weighted by Crippen LogP contribution is -2.40. The molecule has 9 nitrogen and oxygen atoms in total. The minimum atomic E-state index is -1.70. The zero-order valence-corrected chi connectivity index (χ0v) is 26.5. The van der Waals surface area contributed by atoms with E-state index in [1.165, 1.54) is 42.5 Å². The van der Waals surface area contributed by atoms with E-state index < -0.39 is 23.0 Å². The van der Waals surface area contributed by atoms with E-state index in [2.05, 4.69) is 10.3 Å². The molecule has 0 aliphatic carbocycles. The minimum absolute atomic E-state index is 0.00247. The van der Waals surface area contributed by atoms with Crippen molar-refractivity contribution in [2.75, 3.05) is 25.6 Å². The fraction of sp³-hybridized carbons (Fsp3) is 0.182. The lowest BCUT2D eigenvalue weighted by molar-refractivity contribution is -0.105. The van der Waals surface area contributed by atoms with Crippen molar-refractivity contribution in [2.45, 2.75) is 19.4 Å². The van der Waals surface area contributed by atoms with Crippen LogP contribution in [0.5, 0.6) is 11.5 Å². The first-order chi connectivity index (χ1) is 22.0. The Morgan fingerprint density at radius 2 is 1.46 bits per heavy atom. The van der Waals surface area contributed by atoms with Crippen LogP contribution in [0, 0.1) is 11.6 Å². The van der Waals surface area contributed by atoms with E-state index in [1.807, 2.05) is 0 Å². The summed E-state index contributed by atoms with van der Waals surface area (Å²) in [6.45, 7) is 4.12. The highest BCUT2D eigenvalue weighted by molar-refractivity contribution is 6.31. The third-order valence-corrected chi connectivity index (χ3v) is 6.99. The van der Waals surface area contributed by atoms with Crippen LogP contribution in [0.25, 0.3) is 0 Å². The fourth-order valence-corrected chi connectivity index (χ4v) is 4.94. The van der Waals surface area contributed by atoms with Crippen LogP contribution < -0.4 is 20.5 Å². The summed E-state index contributed by atoms with van der Waals surface area (Å²) in [5.41, 5.74) is 6.28. The molecular weight excluding hydrogens is 643 g/mol. The Labute approximate surface area is 274 Å². The Hall–Kier alpha value is -4.55. The predicted octanol–water partition coefficient (Wildman–Crippen LogP) is 6.40. The van der Waals surface area contributed by atoms with Gasteiger partial charge in [0.25, 0.3) is 0 Å². The minimum Gasteiger partial charge on any atom is -0.493 e. The quantitative estimate of drug-likeness (QED) is 0.119. The molecule has 1 aliphatic rings. The molecule has 1 atom stereocenters. The topological polar surface area (TPSA) is 143 Å². The molecule has 0 aromatic heterocycles. The summed E-state index contributed by atoms with van der Waals surface area (Å²) in [7, 11) is 1.00. The number of hydrogen-bond donors (Lipinski definition) is 4. The van der Waals surface area contributed by atoms with Crippen LogP contribution in [-0.2, 0) is 10.4 Å². The number of halogens is 4. The van der Waals surface area contributed by atoms with Gasteiger partial charge in [-0.1, -0.05) is 23.2 Å². The Bertz CT molecular complexity index is 1750. The van der Waals surface area contributed by atoms with Crippen molar-refractivity contribution < 1.29 is 38.1 Å². The summed E-state index contributed by atoms with van der Waals surface area (Å²) in [5.74, 6) is -1.03. The van der Waals surface area contributed by atoms with E-state index in [4.69, 9.17) is 43.5 Å². The maximum absolute atomic E-state index is 13.5. The van der Waals surface area contributed by atoms with Gasteiger partial charge in [-0.05, 0) is 74.5 Å². The number of anilines is 1. The number of rotatable bonds is 9. The lowest BCUT2D eigenvalue weighted by atomic mass is 9.85. The number of nitrogens with two attached hydrogens (primary N) is 1. The van der Waals surface area contributed by atoms with Gasteiger partial charge in [-0.25, -0.2) is 13.8 Å². The number of ketones is 1. The van der Waals surface area contributed by atoms with Crippen molar-refractivity contribution in [1.82, 2.24) is 0 Å². The number of carbonyl (C=O) groups is 2. The summed E-state index contributed by atoms with van der Waals surface area (Å²) in [6.07, 6.45) is 0.466. The first-order valence-electron chi connectivity index (χ1n) is 13.7. The Kier molecular flexibility index (Phi) is 12.6. The highest BCUT2D eigenvalue weighted by Crippen LogP contribution is 2.45. The molecule has 5 N–H and O–H groups in total. The highest BCUT2D eigenvalue weighted by Gasteiger charge is 2.44. The van der Waals surface area contributed by atoms with Crippen LogP contribution >= 0.6 is 23.2 Å². The number of benzene rings is 4. The van der Waals surface area contributed by atoms with Gasteiger partial charge in [0.2, 0.25) is 6.41 Å². The first kappa shape index (κ1) is 35.9. The summed E-state index contributed by atoms with van der Waals surface area (Å²) in [6, 6.07) is 17.0. The van der Waals surface area contributed by atoms with Crippen molar-refractivity contribution in [3.8, 4) is 11.5 Å². The van der Waals surface area contributed by atoms with Gasteiger partial charge in [-0.2, -0.15) is 0 Å². The molecule has 13 heteroatoms. The summed E-state index contributed by atoms with van der Waals surface area (Å²) < 4.78 is 37.6. The van der Waals surface area contributed by atoms with Crippen molar-refractivity contribution in [3.05, 3.63) is 117 Å². The van der Waals surface area contributed by atoms with Gasteiger partial charge in [0.15, 0.2) is 11.4 Å². The van der Waals surface area contributed by atoms with Crippen molar-refractivity contribution in [3.63, 3.8) is 0 Å². The number of fused-ring (bicyclic) bond motifs is 1. The van der Waals surface area contributed by atoms with Crippen LogP contribution in [0.3, 0.4) is 0 Å². The van der Waals surface area contributed by atoms with Crippen LogP contribution in [0.1, 0.15) is 40.9 Å². The molecule has 4 aromatic rings. The van der Waals surface area contributed by atoms with E-state index in [0.717, 1.165) is 13.2 Å². The van der Waals surface area contributed by atoms with Gasteiger partial charge in [-0.3, -0.25) is 9.59 Å². The van der Waals surface area contributed by atoms with E-state index in [-0.39, 0.29) is 28.5 Å². The molecule has 0 bridgehead atoms. The molecular formula is C33H31Cl2F2N3O6. The highest BCUT2D eigenvalue weighted by atomic mass is 35.5. The summed E-state index contributed by atoms with van der Waals surface area (Å²) in [4.78, 5) is 27.5. The van der Waals surface area contributed by atoms with Crippen molar-refractivity contribution >= 4 is 52.6 Å². The molecule has 1 unspecified atom stereocenters. The second-order valence-electron chi connectivity index (χ2n) is 9.30. The number of amides is 1. The monoisotopic (exact) mass is 673 g/mol. The number of nitrogens with zero attached hydrogens (tertiary/aromatic N) is 1. The van der Waals surface area contributed by atoms with Gasteiger partial charge < -0.3 is 30.7 Å². The number of nitrogens with one attached hydrogen (secondary N) is 1. The number of hydrogen-bond acceptors (Lipinski definition) is 8. The zero-order chi connectivity index (χ0) is 34.0. The molecule has 0 radical (unpaired) electrons. The number of aliphatic imine (C=N–C) groups is 1. The summed E-state index contributed by atoms with van der Waals surface area (Å²) >= 11 is 11.9. The number of amidine groups is 1. The van der Waals surface area contributed by atoms with Crippen LogP contribution in [0.15, 0.2) is 77.8 Å². The Balaban J connectivity index is 0.000000238. The lowest BCUT2D eigenvalue weighted by Gasteiger charge is -2.27. The normalized spacial score (nSPS) is 14.4. The summed E-state index contributed by atoms with van der Waals surface area (Å²) in [5, 5.41) is 21.4. The number of aliphatic hydroxyl groups is 2. The Morgan fingerprint density at radius 1 is 0.870 bits per heavy atom. The van der Waals surface area contributed by atoms with Gasteiger partial charge in [-0.15, -0.1) is 0 Å². The molecule has 1 heterocycles. The number of ether oxygens (including phenoxy) is 2. The molecule has 4 aromatic carbocycles. The smallest absolute Gasteiger partial charge is 0.211 e. The van der Waals surface area contributed by atoms with E-state index in [1.54, 1.807) is 38.1 Å². The van der Waals surface area contributed by atoms with Crippen LogP contribution in [0.4, 0.5) is 20.2 Å². The van der Waals surface area contributed by atoms with E-state index in [9.17, 15) is 23.5 Å². The first-order valence-corrected chi connectivity index (χ1v) is 14.5. The maximum Gasteiger partial charge on any atom is 0.211 e. The van der Waals surface area contributed by atoms with Gasteiger partial charge in [0.1, 0.15) is 29.0 Å². The molecule has 1 aliphatic heterocycles. The predicted molar refractivity (Wildman–Crippen MR) is 174 cm³/mol. The zero-order valence-electron chi connectivity index (χ0n) is 25.0. The molecule has 242 valence electrons. The molecule has 5 rings (SSSR count). The molecule has 46 heavy (non-hydrogen) atoms. The molecule has 0 fully saturated rings. The molecule has 0 saturated carbocycles. The number of carbonyl (C=O) groups excluding carboxylic acids is 2. The molecule has 0 saturated heterocycles. The van der Waals surface area contributed by atoms with Crippen LogP contribution in [0.2, 0.25) is 10.0 Å². The van der Waals surface area contributed by atoms with E-state index >= 15 is 0 Å². The van der Waals surface area contributed by atoms with Crippen molar-refractivity contribution in [2.24, 2.45) is 10.7 Å².